The highest BCUT2D eigenvalue weighted by atomic mass is 16.4. The van der Waals surface area contributed by atoms with Gasteiger partial charge in [0.1, 0.15) is 5.78 Å². The Balaban J connectivity index is 2.13. The van der Waals surface area contributed by atoms with E-state index in [9.17, 15) is 9.59 Å². The van der Waals surface area contributed by atoms with Crippen LogP contribution in [0.5, 0.6) is 0 Å². The summed E-state index contributed by atoms with van der Waals surface area (Å²) < 4.78 is 0. The van der Waals surface area contributed by atoms with Gasteiger partial charge in [-0.1, -0.05) is 6.92 Å². The minimum atomic E-state index is -0.720. The van der Waals surface area contributed by atoms with Crippen molar-refractivity contribution in [2.24, 2.45) is 23.7 Å². The van der Waals surface area contributed by atoms with E-state index in [1.54, 1.807) is 0 Å². The second-order valence-electron chi connectivity index (χ2n) is 4.88. The third-order valence-electron chi connectivity index (χ3n) is 3.67. The summed E-state index contributed by atoms with van der Waals surface area (Å²) in [5.74, 6) is 0.0208. The van der Waals surface area contributed by atoms with Gasteiger partial charge in [0, 0.05) is 11.8 Å². The number of hydrogen-bond acceptors (Lipinski definition) is 2. The molecule has 2 aliphatic carbocycles. The van der Waals surface area contributed by atoms with Crippen LogP contribution in [0, 0.1) is 23.7 Å². The lowest BCUT2D eigenvalue weighted by molar-refractivity contribution is -0.148. The molecule has 2 saturated carbocycles. The first-order valence-corrected chi connectivity index (χ1v) is 5.34. The molecule has 0 saturated heterocycles. The summed E-state index contributed by atoms with van der Waals surface area (Å²) in [5.41, 5.74) is 0. The zero-order valence-electron chi connectivity index (χ0n) is 8.40. The average molecular weight is 196 g/mol. The number of carbonyl (C=O) groups is 2. The van der Waals surface area contributed by atoms with Crippen LogP contribution in [0.4, 0.5) is 0 Å². The average Bonchev–Trinajstić information content (AvgIpc) is 2.06. The molecule has 0 aromatic carbocycles. The summed E-state index contributed by atoms with van der Waals surface area (Å²) in [6, 6.07) is 0. The van der Waals surface area contributed by atoms with Crippen LogP contribution >= 0.6 is 0 Å². The molecule has 3 nitrogen and oxygen atoms in total. The van der Waals surface area contributed by atoms with Crippen LogP contribution < -0.4 is 0 Å². The molecule has 2 bridgehead atoms. The molecule has 0 aromatic rings. The fourth-order valence-corrected chi connectivity index (χ4v) is 3.04. The molecule has 2 aliphatic rings. The highest BCUT2D eigenvalue weighted by Crippen LogP contribution is 2.42. The first kappa shape index (κ1) is 9.69. The SMILES string of the molecule is CC1C[C@@H]2CC(C(=O)O)C[C@@H](C1)C2=O. The van der Waals surface area contributed by atoms with Gasteiger partial charge in [-0.15, -0.1) is 0 Å². The Morgan fingerprint density at radius 3 is 2.14 bits per heavy atom. The third-order valence-corrected chi connectivity index (χ3v) is 3.67. The van der Waals surface area contributed by atoms with Crippen molar-refractivity contribution >= 4 is 11.8 Å². The molecule has 1 N–H and O–H groups in total. The maximum atomic E-state index is 11.7. The van der Waals surface area contributed by atoms with E-state index in [1.165, 1.54) is 0 Å². The van der Waals surface area contributed by atoms with E-state index >= 15 is 0 Å². The molecule has 2 fully saturated rings. The molecule has 0 radical (unpaired) electrons. The number of Topliss-reactive ketones (excluding diaryl/α,β-unsaturated/α-hetero) is 1. The Labute approximate surface area is 83.5 Å². The topological polar surface area (TPSA) is 54.4 Å². The lowest BCUT2D eigenvalue weighted by Gasteiger charge is -2.38. The number of ketones is 1. The van der Waals surface area contributed by atoms with Crippen LogP contribution in [0.3, 0.4) is 0 Å². The van der Waals surface area contributed by atoms with Crippen LogP contribution in [0.2, 0.25) is 0 Å². The Bertz CT molecular complexity index is 254. The number of carboxylic acids is 1. The molecule has 0 unspecified atom stereocenters. The van der Waals surface area contributed by atoms with Gasteiger partial charge in [-0.05, 0) is 31.6 Å². The second-order valence-corrected chi connectivity index (χ2v) is 4.88. The van der Waals surface area contributed by atoms with Gasteiger partial charge in [0.05, 0.1) is 5.92 Å². The summed E-state index contributed by atoms with van der Waals surface area (Å²) in [7, 11) is 0. The predicted octanol–water partition coefficient (Wildman–Crippen LogP) is 1.71. The summed E-state index contributed by atoms with van der Waals surface area (Å²) in [6.45, 7) is 2.16. The van der Waals surface area contributed by atoms with Crippen LogP contribution in [0.1, 0.15) is 32.6 Å². The second kappa shape index (κ2) is 3.37. The molecular formula is C11H16O3. The minimum Gasteiger partial charge on any atom is -0.481 e. The molecule has 0 spiro atoms. The van der Waals surface area contributed by atoms with Crippen molar-refractivity contribution in [3.05, 3.63) is 0 Å². The molecule has 0 aromatic heterocycles. The number of hydrogen-bond donors (Lipinski definition) is 1. The highest BCUT2D eigenvalue weighted by molar-refractivity contribution is 5.87. The summed E-state index contributed by atoms with van der Waals surface area (Å²) in [4.78, 5) is 22.6. The van der Waals surface area contributed by atoms with E-state index in [1.807, 2.05) is 0 Å². The van der Waals surface area contributed by atoms with Crippen molar-refractivity contribution in [1.29, 1.82) is 0 Å². The van der Waals surface area contributed by atoms with Crippen LogP contribution in [0.25, 0.3) is 0 Å². The van der Waals surface area contributed by atoms with Gasteiger partial charge < -0.3 is 5.11 Å². The predicted molar refractivity (Wildman–Crippen MR) is 50.7 cm³/mol. The largest absolute Gasteiger partial charge is 0.481 e. The molecule has 2 atom stereocenters. The number of rotatable bonds is 1. The van der Waals surface area contributed by atoms with Gasteiger partial charge in [0.15, 0.2) is 0 Å². The van der Waals surface area contributed by atoms with Crippen molar-refractivity contribution < 1.29 is 14.7 Å². The summed E-state index contributed by atoms with van der Waals surface area (Å²) in [6.07, 6.45) is 2.96. The van der Waals surface area contributed by atoms with Crippen LogP contribution in [-0.2, 0) is 9.59 Å². The Morgan fingerprint density at radius 2 is 1.71 bits per heavy atom. The van der Waals surface area contributed by atoms with Crippen LogP contribution in [-0.4, -0.2) is 16.9 Å². The smallest absolute Gasteiger partial charge is 0.306 e. The standard InChI is InChI=1S/C11H16O3/c1-6-2-7-4-9(11(13)14)5-8(3-6)10(7)12/h6-9H,2-5H2,1H3,(H,13,14)/t6?,7-,8-,9?/m1/s1. The maximum Gasteiger partial charge on any atom is 0.306 e. The molecule has 78 valence electrons. The number of aliphatic carboxylic acids is 1. The molecule has 3 heteroatoms. The van der Waals surface area contributed by atoms with Gasteiger partial charge in [0.2, 0.25) is 0 Å². The monoisotopic (exact) mass is 196 g/mol. The molecule has 0 heterocycles. The lowest BCUT2D eigenvalue weighted by atomic mass is 9.64. The first-order chi connectivity index (χ1) is 6.58. The Morgan fingerprint density at radius 1 is 1.21 bits per heavy atom. The molecule has 0 amide bonds. The van der Waals surface area contributed by atoms with Gasteiger partial charge >= 0.3 is 5.97 Å². The molecular weight excluding hydrogens is 180 g/mol. The fourth-order valence-electron chi connectivity index (χ4n) is 3.04. The normalized spacial score (nSPS) is 42.2. The molecule has 14 heavy (non-hydrogen) atoms. The van der Waals surface area contributed by atoms with Gasteiger partial charge in [-0.2, -0.15) is 0 Å². The van der Waals surface area contributed by atoms with Crippen molar-refractivity contribution in [2.75, 3.05) is 0 Å². The quantitative estimate of drug-likeness (QED) is 0.694. The third kappa shape index (κ3) is 1.56. The van der Waals surface area contributed by atoms with E-state index in [2.05, 4.69) is 6.92 Å². The van der Waals surface area contributed by atoms with Gasteiger partial charge in [0.25, 0.3) is 0 Å². The molecule has 0 aliphatic heterocycles. The summed E-state index contributed by atoms with van der Waals surface area (Å²) >= 11 is 0. The maximum absolute atomic E-state index is 11.7. The lowest BCUT2D eigenvalue weighted by Crippen LogP contribution is -2.41. The van der Waals surface area contributed by atoms with E-state index < -0.39 is 5.97 Å². The molecule has 2 rings (SSSR count). The Hall–Kier alpha value is -0.860. The van der Waals surface area contributed by atoms with Crippen molar-refractivity contribution in [2.45, 2.75) is 32.6 Å². The zero-order chi connectivity index (χ0) is 10.3. The van der Waals surface area contributed by atoms with Gasteiger partial charge in [-0.25, -0.2) is 0 Å². The van der Waals surface area contributed by atoms with E-state index in [0.29, 0.717) is 24.5 Å². The van der Waals surface area contributed by atoms with Crippen molar-refractivity contribution in [3.63, 3.8) is 0 Å². The first-order valence-electron chi connectivity index (χ1n) is 5.34. The number of fused-ring (bicyclic) bond motifs is 2. The Kier molecular flexibility index (Phi) is 2.33. The highest BCUT2D eigenvalue weighted by Gasteiger charge is 2.43. The van der Waals surface area contributed by atoms with Crippen molar-refractivity contribution in [1.82, 2.24) is 0 Å². The number of carboxylic acid groups (broad SMARTS) is 1. The van der Waals surface area contributed by atoms with Gasteiger partial charge in [-0.3, -0.25) is 9.59 Å². The summed E-state index contributed by atoms with van der Waals surface area (Å²) in [5, 5.41) is 8.93. The number of carbonyl (C=O) groups excluding carboxylic acids is 1. The van der Waals surface area contributed by atoms with E-state index in [0.717, 1.165) is 12.8 Å². The fraction of sp³-hybridized carbons (Fsp3) is 0.818. The van der Waals surface area contributed by atoms with E-state index in [-0.39, 0.29) is 17.8 Å². The van der Waals surface area contributed by atoms with E-state index in [4.69, 9.17) is 5.11 Å². The minimum absolute atomic E-state index is 0.0404. The van der Waals surface area contributed by atoms with Crippen LogP contribution in [0.15, 0.2) is 0 Å². The van der Waals surface area contributed by atoms with Crippen molar-refractivity contribution in [3.8, 4) is 0 Å². The zero-order valence-corrected chi connectivity index (χ0v) is 8.40.